The van der Waals surface area contributed by atoms with Crippen LogP contribution in [-0.4, -0.2) is 25.6 Å². The number of carbonyl (C=O) groups is 2. The highest BCUT2D eigenvalue weighted by Gasteiger charge is 2.07. The second-order valence-corrected chi connectivity index (χ2v) is 5.15. The van der Waals surface area contributed by atoms with E-state index in [1.807, 2.05) is 6.07 Å². The molecule has 0 saturated carbocycles. The van der Waals surface area contributed by atoms with Crippen molar-refractivity contribution in [3.05, 3.63) is 65.2 Å². The van der Waals surface area contributed by atoms with E-state index in [1.165, 1.54) is 6.08 Å². The third-order valence-corrected chi connectivity index (χ3v) is 3.33. The number of halogens is 1. The minimum Gasteiger partial charge on any atom is -0.497 e. The lowest BCUT2D eigenvalue weighted by Gasteiger charge is -2.06. The maximum Gasteiger partial charge on any atom is 0.331 e. The average Bonchev–Trinajstić information content (AvgIpc) is 2.60. The normalized spacial score (nSPS) is 10.4. The Labute approximate surface area is 144 Å². The zero-order valence-electron chi connectivity index (χ0n) is 13.0. The minimum absolute atomic E-state index is 0.396. The number of amides is 1. The Balaban J connectivity index is 1.83. The number of nitrogens with one attached hydrogen (secondary N) is 1. The second kappa shape index (κ2) is 8.74. The second-order valence-electron chi connectivity index (χ2n) is 4.75. The summed E-state index contributed by atoms with van der Waals surface area (Å²) in [7, 11) is 1.56. The van der Waals surface area contributed by atoms with Gasteiger partial charge in [0.2, 0.25) is 0 Å². The predicted octanol–water partition coefficient (Wildman–Crippen LogP) is 3.54. The van der Waals surface area contributed by atoms with Crippen molar-refractivity contribution in [3.8, 4) is 5.75 Å². The Morgan fingerprint density at radius 2 is 1.96 bits per heavy atom. The van der Waals surface area contributed by atoms with Crippen LogP contribution >= 0.6 is 11.6 Å². The van der Waals surface area contributed by atoms with Crippen LogP contribution in [0, 0.1) is 0 Å². The minimum atomic E-state index is -0.618. The molecule has 0 aliphatic carbocycles. The molecule has 0 aromatic heterocycles. The Bertz CT molecular complexity index is 758. The van der Waals surface area contributed by atoms with Crippen LogP contribution in [0.5, 0.6) is 5.75 Å². The lowest BCUT2D eigenvalue weighted by atomic mass is 10.2. The summed E-state index contributed by atoms with van der Waals surface area (Å²) in [4.78, 5) is 23.4. The quantitative estimate of drug-likeness (QED) is 0.642. The first kappa shape index (κ1) is 17.6. The number of hydrogen-bond donors (Lipinski definition) is 1. The van der Waals surface area contributed by atoms with Crippen LogP contribution in [0.2, 0.25) is 5.02 Å². The van der Waals surface area contributed by atoms with E-state index in [2.05, 4.69) is 5.32 Å². The Hall–Kier alpha value is -2.79. The fourth-order valence-corrected chi connectivity index (χ4v) is 2.03. The Morgan fingerprint density at radius 1 is 1.17 bits per heavy atom. The molecule has 1 N–H and O–H groups in total. The summed E-state index contributed by atoms with van der Waals surface area (Å²) in [5.74, 6) is -0.400. The van der Waals surface area contributed by atoms with Crippen LogP contribution in [0.25, 0.3) is 6.08 Å². The molecule has 24 heavy (non-hydrogen) atoms. The number of hydrogen-bond acceptors (Lipinski definition) is 4. The number of rotatable bonds is 6. The molecule has 0 aliphatic heterocycles. The van der Waals surface area contributed by atoms with Crippen LogP contribution in [0.4, 0.5) is 5.69 Å². The molecule has 0 spiro atoms. The molecule has 1 amide bonds. The molecule has 6 heteroatoms. The molecule has 2 rings (SSSR count). The van der Waals surface area contributed by atoms with E-state index in [-0.39, 0.29) is 0 Å². The zero-order valence-corrected chi connectivity index (χ0v) is 13.7. The summed E-state index contributed by atoms with van der Waals surface area (Å²) in [6, 6.07) is 14.0. The summed E-state index contributed by atoms with van der Waals surface area (Å²) in [5, 5.41) is 2.98. The van der Waals surface area contributed by atoms with Gasteiger partial charge >= 0.3 is 5.97 Å². The Kier molecular flexibility index (Phi) is 6.40. The van der Waals surface area contributed by atoms with E-state index in [9.17, 15) is 9.59 Å². The molecule has 0 fully saturated rings. The number of ether oxygens (including phenoxy) is 2. The van der Waals surface area contributed by atoms with Crippen molar-refractivity contribution in [1.82, 2.24) is 0 Å². The lowest BCUT2D eigenvalue weighted by molar-refractivity contribution is -0.142. The third kappa shape index (κ3) is 5.44. The van der Waals surface area contributed by atoms with Gasteiger partial charge in [-0.1, -0.05) is 35.9 Å². The number of para-hydroxylation sites is 1. The van der Waals surface area contributed by atoms with Crippen LogP contribution in [-0.2, 0) is 14.3 Å². The highest BCUT2D eigenvalue weighted by atomic mass is 35.5. The van der Waals surface area contributed by atoms with E-state index in [0.717, 1.165) is 5.56 Å². The zero-order chi connectivity index (χ0) is 17.4. The summed E-state index contributed by atoms with van der Waals surface area (Å²) in [6.45, 7) is -0.396. The van der Waals surface area contributed by atoms with Crippen molar-refractivity contribution < 1.29 is 19.1 Å². The Morgan fingerprint density at radius 3 is 2.71 bits per heavy atom. The van der Waals surface area contributed by atoms with Gasteiger partial charge in [-0.3, -0.25) is 4.79 Å². The highest BCUT2D eigenvalue weighted by Crippen LogP contribution is 2.20. The topological polar surface area (TPSA) is 64.6 Å². The van der Waals surface area contributed by atoms with Gasteiger partial charge in [0.15, 0.2) is 6.61 Å². The standard InChI is InChI=1S/C18H16ClNO4/c1-23-14-6-4-5-13(11-14)9-10-18(22)24-12-17(21)20-16-8-3-2-7-15(16)19/h2-11H,12H2,1H3,(H,20,21). The molecular weight excluding hydrogens is 330 g/mol. The van der Waals surface area contributed by atoms with E-state index < -0.39 is 18.5 Å². The molecule has 0 unspecified atom stereocenters. The summed E-state index contributed by atoms with van der Waals surface area (Å²) in [5.41, 5.74) is 1.25. The van der Waals surface area contributed by atoms with Gasteiger partial charge in [-0.05, 0) is 35.9 Å². The fraction of sp³-hybridized carbons (Fsp3) is 0.111. The molecule has 2 aromatic rings. The number of methoxy groups -OCH3 is 1. The van der Waals surface area contributed by atoms with Crippen LogP contribution in [0.1, 0.15) is 5.56 Å². The van der Waals surface area contributed by atoms with Crippen molar-refractivity contribution in [2.45, 2.75) is 0 Å². The van der Waals surface area contributed by atoms with E-state index >= 15 is 0 Å². The number of anilines is 1. The van der Waals surface area contributed by atoms with Crippen molar-refractivity contribution >= 4 is 35.2 Å². The summed E-state index contributed by atoms with van der Waals surface area (Å²) < 4.78 is 9.98. The van der Waals surface area contributed by atoms with Gasteiger partial charge in [0.25, 0.3) is 5.91 Å². The number of esters is 1. The van der Waals surface area contributed by atoms with Gasteiger partial charge in [0.1, 0.15) is 5.75 Å². The monoisotopic (exact) mass is 345 g/mol. The highest BCUT2D eigenvalue weighted by molar-refractivity contribution is 6.33. The van der Waals surface area contributed by atoms with Crippen molar-refractivity contribution in [2.75, 3.05) is 19.0 Å². The molecule has 0 aliphatic rings. The van der Waals surface area contributed by atoms with Crippen molar-refractivity contribution in [3.63, 3.8) is 0 Å². The first-order valence-corrected chi connectivity index (χ1v) is 7.49. The van der Waals surface area contributed by atoms with E-state index in [0.29, 0.717) is 16.5 Å². The molecule has 0 radical (unpaired) electrons. The van der Waals surface area contributed by atoms with Gasteiger partial charge < -0.3 is 14.8 Å². The van der Waals surface area contributed by atoms with E-state index in [4.69, 9.17) is 21.1 Å². The van der Waals surface area contributed by atoms with Crippen molar-refractivity contribution in [2.24, 2.45) is 0 Å². The van der Waals surface area contributed by atoms with Gasteiger partial charge in [-0.2, -0.15) is 0 Å². The van der Waals surface area contributed by atoms with Gasteiger partial charge in [0, 0.05) is 6.08 Å². The smallest absolute Gasteiger partial charge is 0.331 e. The fourth-order valence-electron chi connectivity index (χ4n) is 1.84. The molecule has 0 heterocycles. The first-order valence-electron chi connectivity index (χ1n) is 7.12. The van der Waals surface area contributed by atoms with Crippen LogP contribution in [0.15, 0.2) is 54.6 Å². The van der Waals surface area contributed by atoms with E-state index in [1.54, 1.807) is 55.7 Å². The predicted molar refractivity (Wildman–Crippen MR) is 93.1 cm³/mol. The maximum atomic E-state index is 11.7. The van der Waals surface area contributed by atoms with Crippen LogP contribution in [0.3, 0.4) is 0 Å². The molecular formula is C18H16ClNO4. The average molecular weight is 346 g/mol. The van der Waals surface area contributed by atoms with Gasteiger partial charge in [-0.25, -0.2) is 4.79 Å². The van der Waals surface area contributed by atoms with Gasteiger partial charge in [0.05, 0.1) is 17.8 Å². The number of carbonyl (C=O) groups excluding carboxylic acids is 2. The molecule has 5 nitrogen and oxygen atoms in total. The molecule has 124 valence electrons. The first-order chi connectivity index (χ1) is 11.6. The molecule has 2 aromatic carbocycles. The molecule has 0 atom stereocenters. The maximum absolute atomic E-state index is 11.7. The lowest BCUT2D eigenvalue weighted by Crippen LogP contribution is -2.20. The summed E-state index contributed by atoms with van der Waals surface area (Å²) in [6.07, 6.45) is 2.83. The largest absolute Gasteiger partial charge is 0.497 e. The summed E-state index contributed by atoms with van der Waals surface area (Å²) >= 11 is 5.93. The van der Waals surface area contributed by atoms with Crippen molar-refractivity contribution in [1.29, 1.82) is 0 Å². The van der Waals surface area contributed by atoms with Gasteiger partial charge in [-0.15, -0.1) is 0 Å². The van der Waals surface area contributed by atoms with Crippen LogP contribution < -0.4 is 10.1 Å². The third-order valence-electron chi connectivity index (χ3n) is 3.00. The number of benzene rings is 2. The molecule has 0 saturated heterocycles. The molecule has 0 bridgehead atoms. The SMILES string of the molecule is COc1cccc(C=CC(=O)OCC(=O)Nc2ccccc2Cl)c1.